The van der Waals surface area contributed by atoms with Gasteiger partial charge in [0.25, 0.3) is 0 Å². The van der Waals surface area contributed by atoms with Gasteiger partial charge in [-0.05, 0) is 24.3 Å². The molecule has 0 bridgehead atoms. The second kappa shape index (κ2) is 4.67. The topological polar surface area (TPSA) is 42.7 Å². The summed E-state index contributed by atoms with van der Waals surface area (Å²) < 4.78 is 38.5. The van der Waals surface area contributed by atoms with Crippen LogP contribution in [0.5, 0.6) is 0 Å². The molecule has 4 nitrogen and oxygen atoms in total. The number of hydrogen-bond acceptors (Lipinski definition) is 3. The fourth-order valence-corrected chi connectivity index (χ4v) is 1.42. The lowest BCUT2D eigenvalue weighted by Gasteiger charge is -2.08. The van der Waals surface area contributed by atoms with Crippen molar-refractivity contribution in [3.8, 4) is 0 Å². The molecule has 0 amide bonds. The highest BCUT2D eigenvalue weighted by Crippen LogP contribution is 2.29. The summed E-state index contributed by atoms with van der Waals surface area (Å²) >= 11 is 0. The average Bonchev–Trinajstić information content (AvgIpc) is 2.72. The third-order valence-corrected chi connectivity index (χ3v) is 2.31. The van der Waals surface area contributed by atoms with Crippen LogP contribution >= 0.6 is 0 Å². The Kier molecular flexibility index (Phi) is 3.22. The van der Waals surface area contributed by atoms with Gasteiger partial charge in [-0.15, -0.1) is 0 Å². The normalized spacial score (nSPS) is 11.6. The van der Waals surface area contributed by atoms with Crippen LogP contribution in [0.4, 0.5) is 18.9 Å². The summed E-state index contributed by atoms with van der Waals surface area (Å²) in [5, 5.41) is 6.99. The van der Waals surface area contributed by atoms with Gasteiger partial charge in [-0.25, -0.2) is 4.98 Å². The summed E-state index contributed by atoms with van der Waals surface area (Å²) in [6.45, 7) is 0.367. The molecule has 0 saturated heterocycles. The van der Waals surface area contributed by atoms with Crippen LogP contribution in [0, 0.1) is 0 Å². The number of nitrogens with one attached hydrogen (secondary N) is 1. The Morgan fingerprint density at radius 3 is 2.39 bits per heavy atom. The first-order valence-electron chi connectivity index (χ1n) is 5.21. The zero-order valence-corrected chi connectivity index (χ0v) is 9.57. The molecule has 1 aromatic carbocycles. The van der Waals surface area contributed by atoms with Gasteiger partial charge >= 0.3 is 6.18 Å². The molecule has 96 valence electrons. The van der Waals surface area contributed by atoms with E-state index < -0.39 is 11.7 Å². The maximum atomic E-state index is 12.3. The van der Waals surface area contributed by atoms with E-state index in [2.05, 4.69) is 15.4 Å². The lowest BCUT2D eigenvalue weighted by atomic mass is 10.2. The van der Waals surface area contributed by atoms with Crippen LogP contribution in [0.3, 0.4) is 0 Å². The van der Waals surface area contributed by atoms with Gasteiger partial charge in [0.1, 0.15) is 6.33 Å². The summed E-state index contributed by atoms with van der Waals surface area (Å²) in [5.74, 6) is 0.581. The monoisotopic (exact) mass is 256 g/mol. The van der Waals surface area contributed by atoms with Gasteiger partial charge in [0.2, 0.25) is 0 Å². The van der Waals surface area contributed by atoms with E-state index in [-0.39, 0.29) is 0 Å². The van der Waals surface area contributed by atoms with Crippen LogP contribution in [0.15, 0.2) is 30.6 Å². The predicted molar refractivity (Wildman–Crippen MR) is 59.8 cm³/mol. The second-order valence-electron chi connectivity index (χ2n) is 3.76. The standard InChI is InChI=1S/C11H11F3N4/c1-18-7-16-10(17-18)6-15-9-4-2-8(3-5-9)11(12,13)14/h2-5,7,15H,6H2,1H3. The third kappa shape index (κ3) is 2.99. The van der Waals surface area contributed by atoms with Crippen molar-refractivity contribution in [1.29, 1.82) is 0 Å². The number of nitrogens with zero attached hydrogens (tertiary/aromatic N) is 3. The SMILES string of the molecule is Cn1cnc(CNc2ccc(C(F)(F)F)cc2)n1. The Morgan fingerprint density at radius 2 is 1.89 bits per heavy atom. The van der Waals surface area contributed by atoms with Gasteiger partial charge < -0.3 is 5.32 Å². The van der Waals surface area contributed by atoms with Gasteiger partial charge in [0.15, 0.2) is 5.82 Å². The van der Waals surface area contributed by atoms with Crippen molar-refractivity contribution >= 4 is 5.69 Å². The summed E-state index contributed by atoms with van der Waals surface area (Å²) in [5.41, 5.74) is -0.0699. The Balaban J connectivity index is 1.98. The molecule has 2 rings (SSSR count). The van der Waals surface area contributed by atoms with E-state index >= 15 is 0 Å². The molecule has 7 heteroatoms. The van der Waals surface area contributed by atoms with Gasteiger partial charge in [0, 0.05) is 12.7 Å². The molecule has 0 aliphatic carbocycles. The lowest BCUT2D eigenvalue weighted by molar-refractivity contribution is -0.137. The number of halogens is 3. The van der Waals surface area contributed by atoms with E-state index in [1.807, 2.05) is 0 Å². The van der Waals surface area contributed by atoms with Crippen LogP contribution in [0.25, 0.3) is 0 Å². The van der Waals surface area contributed by atoms with Crippen LogP contribution in [0.1, 0.15) is 11.4 Å². The van der Waals surface area contributed by atoms with E-state index in [1.165, 1.54) is 12.1 Å². The van der Waals surface area contributed by atoms with Crippen LogP contribution in [0.2, 0.25) is 0 Å². The minimum atomic E-state index is -4.30. The Hall–Kier alpha value is -2.05. The first-order valence-corrected chi connectivity index (χ1v) is 5.21. The third-order valence-electron chi connectivity index (χ3n) is 2.31. The highest BCUT2D eigenvalue weighted by molar-refractivity contribution is 5.45. The molecular weight excluding hydrogens is 245 g/mol. The van der Waals surface area contributed by atoms with E-state index in [9.17, 15) is 13.2 Å². The molecule has 0 radical (unpaired) electrons. The molecular formula is C11H11F3N4. The number of alkyl halides is 3. The zero-order valence-electron chi connectivity index (χ0n) is 9.57. The summed E-state index contributed by atoms with van der Waals surface area (Å²) in [6.07, 6.45) is -2.75. The lowest BCUT2D eigenvalue weighted by Crippen LogP contribution is -2.06. The Bertz CT molecular complexity index is 516. The fourth-order valence-electron chi connectivity index (χ4n) is 1.42. The Labute approximate surface area is 101 Å². The van der Waals surface area contributed by atoms with Crippen molar-refractivity contribution in [3.05, 3.63) is 42.0 Å². The molecule has 0 aliphatic heterocycles. The molecule has 18 heavy (non-hydrogen) atoms. The number of benzene rings is 1. The average molecular weight is 256 g/mol. The second-order valence-corrected chi connectivity index (χ2v) is 3.76. The minimum Gasteiger partial charge on any atom is -0.378 e. The number of aryl methyl sites for hydroxylation is 1. The van der Waals surface area contributed by atoms with Crippen molar-refractivity contribution in [2.75, 3.05) is 5.32 Å². The van der Waals surface area contributed by atoms with Crippen molar-refractivity contribution in [3.63, 3.8) is 0 Å². The first kappa shape index (κ1) is 12.4. The van der Waals surface area contributed by atoms with Gasteiger partial charge in [-0.3, -0.25) is 4.68 Å². The van der Waals surface area contributed by atoms with E-state index in [1.54, 1.807) is 18.1 Å². The maximum absolute atomic E-state index is 12.3. The number of hydrogen-bond donors (Lipinski definition) is 1. The molecule has 1 heterocycles. The minimum absolute atomic E-state index is 0.367. The van der Waals surface area contributed by atoms with Gasteiger partial charge in [0.05, 0.1) is 12.1 Å². The Morgan fingerprint density at radius 1 is 1.22 bits per heavy atom. The van der Waals surface area contributed by atoms with Crippen molar-refractivity contribution < 1.29 is 13.2 Å². The van der Waals surface area contributed by atoms with Crippen molar-refractivity contribution in [2.24, 2.45) is 7.05 Å². The molecule has 0 spiro atoms. The molecule has 1 aromatic heterocycles. The number of aromatic nitrogens is 3. The first-order chi connectivity index (χ1) is 8.45. The quantitative estimate of drug-likeness (QED) is 0.917. The molecule has 0 aliphatic rings. The van der Waals surface area contributed by atoms with E-state index in [4.69, 9.17) is 0 Å². The van der Waals surface area contributed by atoms with E-state index in [0.29, 0.717) is 18.1 Å². The number of anilines is 1. The molecule has 2 aromatic rings. The fraction of sp³-hybridized carbons (Fsp3) is 0.273. The van der Waals surface area contributed by atoms with Crippen molar-refractivity contribution in [2.45, 2.75) is 12.7 Å². The van der Waals surface area contributed by atoms with Gasteiger partial charge in [-0.1, -0.05) is 0 Å². The van der Waals surface area contributed by atoms with E-state index in [0.717, 1.165) is 12.1 Å². The molecule has 0 unspecified atom stereocenters. The summed E-state index contributed by atoms with van der Waals surface area (Å²) in [7, 11) is 1.74. The molecule has 1 N–H and O–H groups in total. The largest absolute Gasteiger partial charge is 0.416 e. The van der Waals surface area contributed by atoms with Crippen LogP contribution < -0.4 is 5.32 Å². The summed E-state index contributed by atoms with van der Waals surface area (Å²) in [4.78, 5) is 4.00. The van der Waals surface area contributed by atoms with Crippen molar-refractivity contribution in [1.82, 2.24) is 14.8 Å². The zero-order chi connectivity index (χ0) is 13.2. The molecule has 0 fully saturated rings. The maximum Gasteiger partial charge on any atom is 0.416 e. The van der Waals surface area contributed by atoms with Gasteiger partial charge in [-0.2, -0.15) is 18.3 Å². The highest BCUT2D eigenvalue weighted by Gasteiger charge is 2.29. The van der Waals surface area contributed by atoms with Crippen LogP contribution in [-0.2, 0) is 19.8 Å². The molecule has 0 atom stereocenters. The smallest absolute Gasteiger partial charge is 0.378 e. The van der Waals surface area contributed by atoms with Crippen LogP contribution in [-0.4, -0.2) is 14.8 Å². The highest BCUT2D eigenvalue weighted by atomic mass is 19.4. The molecule has 0 saturated carbocycles. The predicted octanol–water partition coefficient (Wildman–Crippen LogP) is 2.45. The number of rotatable bonds is 3. The summed E-state index contributed by atoms with van der Waals surface area (Å²) in [6, 6.07) is 4.83.